The number of amides is 1. The summed E-state index contributed by atoms with van der Waals surface area (Å²) in [5.74, 6) is 3.17. The topological polar surface area (TPSA) is 33.5 Å². The van der Waals surface area contributed by atoms with Crippen LogP contribution in [0.5, 0.6) is 0 Å². The van der Waals surface area contributed by atoms with E-state index in [9.17, 15) is 4.79 Å². The van der Waals surface area contributed by atoms with Crippen molar-refractivity contribution in [1.82, 2.24) is 4.90 Å². The highest BCUT2D eigenvalue weighted by molar-refractivity contribution is 5.96. The average Bonchev–Trinajstić information content (AvgIpc) is 3.36. The van der Waals surface area contributed by atoms with Gasteiger partial charge in [-0.15, -0.1) is 0 Å². The molecule has 1 aromatic carbocycles. The van der Waals surface area contributed by atoms with Gasteiger partial charge in [0.1, 0.15) is 11.5 Å². The molecule has 0 spiro atoms. The normalized spacial score (nSPS) is 27.8. The fourth-order valence-corrected chi connectivity index (χ4v) is 5.04. The lowest BCUT2D eigenvalue weighted by Gasteiger charge is -2.39. The summed E-state index contributed by atoms with van der Waals surface area (Å²) in [7, 11) is 0. The lowest BCUT2D eigenvalue weighted by atomic mass is 9.84. The van der Waals surface area contributed by atoms with Gasteiger partial charge in [-0.25, -0.2) is 0 Å². The minimum Gasteiger partial charge on any atom is -0.465 e. The van der Waals surface area contributed by atoms with Gasteiger partial charge in [0.05, 0.1) is 5.56 Å². The second-order valence-electron chi connectivity index (χ2n) is 8.57. The van der Waals surface area contributed by atoms with Crippen LogP contribution in [0.25, 0.3) is 0 Å². The molecule has 2 aliphatic heterocycles. The predicted octanol–water partition coefficient (Wildman–Crippen LogP) is 5.32. The van der Waals surface area contributed by atoms with Gasteiger partial charge < -0.3 is 9.32 Å². The number of piperidine rings is 1. The zero-order valence-electron chi connectivity index (χ0n) is 15.7. The van der Waals surface area contributed by atoms with E-state index in [1.54, 1.807) is 0 Å². The molecule has 1 unspecified atom stereocenters. The molecule has 1 aromatic heterocycles. The van der Waals surface area contributed by atoms with Crippen LogP contribution in [0.4, 0.5) is 0 Å². The Labute approximate surface area is 155 Å². The Kier molecular flexibility index (Phi) is 3.73. The predicted molar refractivity (Wildman–Crippen MR) is 102 cm³/mol. The van der Waals surface area contributed by atoms with Crippen molar-refractivity contribution in [3.05, 3.63) is 58.5 Å². The van der Waals surface area contributed by atoms with Crippen molar-refractivity contribution >= 4 is 5.91 Å². The molecule has 3 fully saturated rings. The van der Waals surface area contributed by atoms with Gasteiger partial charge in [-0.1, -0.05) is 29.8 Å². The highest BCUT2D eigenvalue weighted by Crippen LogP contribution is 2.45. The number of fused-ring (bicyclic) bond motifs is 2. The van der Waals surface area contributed by atoms with E-state index in [2.05, 4.69) is 36.1 Å². The van der Waals surface area contributed by atoms with E-state index in [4.69, 9.17) is 4.42 Å². The molecule has 0 N–H and O–H groups in total. The third kappa shape index (κ3) is 2.69. The summed E-state index contributed by atoms with van der Waals surface area (Å²) in [4.78, 5) is 15.5. The Bertz CT molecular complexity index is 816. The average molecular weight is 349 g/mol. The molecule has 5 rings (SSSR count). The molecule has 3 nitrogen and oxygen atoms in total. The quantitative estimate of drug-likeness (QED) is 0.751. The van der Waals surface area contributed by atoms with E-state index in [-0.39, 0.29) is 5.91 Å². The zero-order chi connectivity index (χ0) is 17.8. The first-order chi connectivity index (χ1) is 12.6. The van der Waals surface area contributed by atoms with Crippen LogP contribution in [0, 0.1) is 13.8 Å². The first-order valence-corrected chi connectivity index (χ1v) is 10.1. The maximum atomic E-state index is 13.3. The molecule has 1 aliphatic carbocycles. The van der Waals surface area contributed by atoms with Gasteiger partial charge in [-0.2, -0.15) is 0 Å². The molecular weight excluding hydrogens is 322 g/mol. The molecule has 3 heteroatoms. The molecule has 3 aliphatic rings. The van der Waals surface area contributed by atoms with Crippen molar-refractivity contribution in [3.8, 4) is 0 Å². The van der Waals surface area contributed by atoms with Crippen molar-refractivity contribution in [2.45, 2.75) is 76.3 Å². The number of benzene rings is 1. The number of rotatable bonds is 3. The van der Waals surface area contributed by atoms with Gasteiger partial charge in [0.2, 0.25) is 0 Å². The second kappa shape index (κ2) is 6.00. The van der Waals surface area contributed by atoms with E-state index in [0.717, 1.165) is 42.8 Å². The van der Waals surface area contributed by atoms with Gasteiger partial charge in [-0.3, -0.25) is 4.79 Å². The Morgan fingerprint density at radius 1 is 0.962 bits per heavy atom. The van der Waals surface area contributed by atoms with Gasteiger partial charge in [0.15, 0.2) is 0 Å². The third-order valence-corrected chi connectivity index (χ3v) is 6.66. The van der Waals surface area contributed by atoms with Crippen molar-refractivity contribution in [1.29, 1.82) is 0 Å². The molecule has 1 saturated carbocycles. The van der Waals surface area contributed by atoms with Crippen molar-refractivity contribution in [2.24, 2.45) is 0 Å². The van der Waals surface area contributed by atoms with E-state index < -0.39 is 0 Å². The second-order valence-corrected chi connectivity index (χ2v) is 8.57. The Hall–Kier alpha value is -2.03. The van der Waals surface area contributed by atoms with Crippen molar-refractivity contribution < 1.29 is 9.21 Å². The summed E-state index contributed by atoms with van der Waals surface area (Å²) in [6, 6.07) is 11.8. The van der Waals surface area contributed by atoms with Gasteiger partial charge in [-0.05, 0) is 69.9 Å². The Morgan fingerprint density at radius 3 is 2.23 bits per heavy atom. The van der Waals surface area contributed by atoms with Crippen LogP contribution in [0.2, 0.25) is 0 Å². The van der Waals surface area contributed by atoms with Crippen molar-refractivity contribution in [2.75, 3.05) is 0 Å². The number of aryl methyl sites for hydroxylation is 2. The summed E-state index contributed by atoms with van der Waals surface area (Å²) in [6.07, 6.45) is 6.88. The molecule has 2 aromatic rings. The summed E-state index contributed by atoms with van der Waals surface area (Å²) in [6.45, 7) is 4.08. The smallest absolute Gasteiger partial charge is 0.257 e. The molecule has 136 valence electrons. The maximum absolute atomic E-state index is 13.3. The molecule has 0 radical (unpaired) electrons. The van der Waals surface area contributed by atoms with Crippen LogP contribution in [0.1, 0.15) is 83.4 Å². The van der Waals surface area contributed by atoms with Crippen LogP contribution in [0.15, 0.2) is 34.7 Å². The van der Waals surface area contributed by atoms with Crippen LogP contribution in [-0.4, -0.2) is 22.9 Å². The summed E-state index contributed by atoms with van der Waals surface area (Å²) < 4.78 is 5.90. The van der Waals surface area contributed by atoms with E-state index >= 15 is 0 Å². The van der Waals surface area contributed by atoms with Crippen molar-refractivity contribution in [3.63, 3.8) is 0 Å². The molecule has 2 saturated heterocycles. The lowest BCUT2D eigenvalue weighted by molar-refractivity contribution is 0.0569. The molecule has 2 bridgehead atoms. The number of hydrogen-bond donors (Lipinski definition) is 0. The third-order valence-electron chi connectivity index (χ3n) is 6.66. The van der Waals surface area contributed by atoms with Crippen LogP contribution >= 0.6 is 0 Å². The van der Waals surface area contributed by atoms with Gasteiger partial charge in [0, 0.05) is 18.0 Å². The summed E-state index contributed by atoms with van der Waals surface area (Å²) in [5.41, 5.74) is 3.55. The molecule has 3 heterocycles. The van der Waals surface area contributed by atoms with E-state index in [1.165, 1.54) is 24.0 Å². The fraction of sp³-hybridized carbons (Fsp3) is 0.522. The lowest BCUT2D eigenvalue weighted by Crippen LogP contribution is -2.46. The van der Waals surface area contributed by atoms with Crippen LogP contribution < -0.4 is 0 Å². The first kappa shape index (κ1) is 16.2. The maximum Gasteiger partial charge on any atom is 0.257 e. The largest absolute Gasteiger partial charge is 0.465 e. The van der Waals surface area contributed by atoms with Crippen LogP contribution in [-0.2, 0) is 0 Å². The number of furan rings is 1. The minimum atomic E-state index is 0.202. The molecule has 3 atom stereocenters. The summed E-state index contributed by atoms with van der Waals surface area (Å²) in [5, 5.41) is 0. The standard InChI is InChI=1S/C23H27NO2/c1-14-3-5-16(6-4-14)18-11-19-9-10-20(12-18)24(19)23(25)21-13-22(17-7-8-17)26-15(21)2/h3-6,13,17-20H,7-12H2,1-2H3/t18?,19-,20+. The van der Waals surface area contributed by atoms with Gasteiger partial charge >= 0.3 is 0 Å². The van der Waals surface area contributed by atoms with E-state index in [0.29, 0.717) is 23.9 Å². The van der Waals surface area contributed by atoms with Crippen LogP contribution in [0.3, 0.4) is 0 Å². The summed E-state index contributed by atoms with van der Waals surface area (Å²) >= 11 is 0. The number of carbonyl (C=O) groups is 1. The Balaban J connectivity index is 1.36. The Morgan fingerprint density at radius 2 is 1.62 bits per heavy atom. The number of carbonyl (C=O) groups excluding carboxylic acids is 1. The number of hydrogen-bond acceptors (Lipinski definition) is 2. The molecule has 1 amide bonds. The van der Waals surface area contributed by atoms with Gasteiger partial charge in [0.25, 0.3) is 5.91 Å². The minimum absolute atomic E-state index is 0.202. The fourth-order valence-electron chi connectivity index (χ4n) is 5.04. The molecular formula is C23H27NO2. The SMILES string of the molecule is Cc1ccc(C2C[C@H]3CC[C@@H](C2)N3C(=O)c2cc(C3CC3)oc2C)cc1. The molecule has 26 heavy (non-hydrogen) atoms. The highest BCUT2D eigenvalue weighted by atomic mass is 16.3. The monoisotopic (exact) mass is 349 g/mol. The van der Waals surface area contributed by atoms with E-state index in [1.807, 2.05) is 13.0 Å². The number of nitrogens with zero attached hydrogens (tertiary/aromatic N) is 1. The highest BCUT2D eigenvalue weighted by Gasteiger charge is 2.44. The first-order valence-electron chi connectivity index (χ1n) is 10.1. The zero-order valence-corrected chi connectivity index (χ0v) is 15.7.